The van der Waals surface area contributed by atoms with Crippen molar-refractivity contribution in [1.82, 2.24) is 25.7 Å². The molecule has 2 aromatic rings. The highest BCUT2D eigenvalue weighted by Crippen LogP contribution is 2.22. The number of aromatic nitrogens is 4. The number of nitrogens with zero attached hydrogens (tertiary/aromatic N) is 4. The standard InChI is InChI=1S/C12H17N5OS/c1-18-8-7-13-5-2-3-11-16-17-12(19-11)10-4-6-14-15-9-10/h4,6,9,13H,2-3,5,7-8H2,1H3. The molecule has 0 aromatic carbocycles. The van der Waals surface area contributed by atoms with Crippen LogP contribution >= 0.6 is 11.3 Å². The van der Waals surface area contributed by atoms with Crippen molar-refractivity contribution in [3.05, 3.63) is 23.5 Å². The number of hydrogen-bond donors (Lipinski definition) is 1. The Kier molecular flexibility index (Phi) is 5.80. The lowest BCUT2D eigenvalue weighted by atomic mass is 10.3. The van der Waals surface area contributed by atoms with Crippen LogP contribution in [0.4, 0.5) is 0 Å². The maximum absolute atomic E-state index is 4.97. The number of ether oxygens (including phenoxy) is 1. The van der Waals surface area contributed by atoms with Crippen LogP contribution in [0, 0.1) is 0 Å². The highest BCUT2D eigenvalue weighted by molar-refractivity contribution is 7.14. The molecule has 0 unspecified atom stereocenters. The van der Waals surface area contributed by atoms with Gasteiger partial charge in [-0.2, -0.15) is 10.2 Å². The van der Waals surface area contributed by atoms with E-state index >= 15 is 0 Å². The highest BCUT2D eigenvalue weighted by atomic mass is 32.1. The number of hydrogen-bond acceptors (Lipinski definition) is 7. The third kappa shape index (κ3) is 4.62. The molecular formula is C12H17N5OS. The molecule has 0 bridgehead atoms. The van der Waals surface area contributed by atoms with Crippen molar-refractivity contribution < 1.29 is 4.74 Å². The van der Waals surface area contributed by atoms with Gasteiger partial charge in [-0.25, -0.2) is 0 Å². The number of methoxy groups -OCH3 is 1. The lowest BCUT2D eigenvalue weighted by Crippen LogP contribution is -2.20. The molecule has 0 aliphatic heterocycles. The number of aryl methyl sites for hydroxylation is 1. The molecule has 0 radical (unpaired) electrons. The zero-order chi connectivity index (χ0) is 13.3. The van der Waals surface area contributed by atoms with E-state index in [0.717, 1.165) is 48.1 Å². The van der Waals surface area contributed by atoms with Gasteiger partial charge in [-0.1, -0.05) is 11.3 Å². The van der Waals surface area contributed by atoms with Gasteiger partial charge < -0.3 is 10.1 Å². The molecule has 0 aliphatic rings. The van der Waals surface area contributed by atoms with Gasteiger partial charge in [0, 0.05) is 25.6 Å². The van der Waals surface area contributed by atoms with Crippen LogP contribution < -0.4 is 5.32 Å². The van der Waals surface area contributed by atoms with E-state index in [1.165, 1.54) is 0 Å². The van der Waals surface area contributed by atoms with Gasteiger partial charge in [0.2, 0.25) is 0 Å². The van der Waals surface area contributed by atoms with Crippen molar-refractivity contribution >= 4 is 11.3 Å². The van der Waals surface area contributed by atoms with Crippen LogP contribution in [-0.4, -0.2) is 47.2 Å². The second kappa shape index (κ2) is 7.88. The fraction of sp³-hybridized carbons (Fsp3) is 0.500. The zero-order valence-electron chi connectivity index (χ0n) is 10.9. The largest absolute Gasteiger partial charge is 0.383 e. The molecule has 0 aliphatic carbocycles. The predicted octanol–water partition coefficient (Wildman–Crippen LogP) is 1.16. The van der Waals surface area contributed by atoms with Crippen LogP contribution in [0.25, 0.3) is 10.6 Å². The Morgan fingerprint density at radius 2 is 2.21 bits per heavy atom. The molecular weight excluding hydrogens is 262 g/mol. The summed E-state index contributed by atoms with van der Waals surface area (Å²) in [6, 6.07) is 1.89. The Hall–Kier alpha value is -1.44. The van der Waals surface area contributed by atoms with Gasteiger partial charge in [0.25, 0.3) is 0 Å². The van der Waals surface area contributed by atoms with E-state index in [4.69, 9.17) is 4.74 Å². The smallest absolute Gasteiger partial charge is 0.149 e. The monoisotopic (exact) mass is 279 g/mol. The molecule has 2 aromatic heterocycles. The van der Waals surface area contributed by atoms with E-state index in [0.29, 0.717) is 0 Å². The predicted molar refractivity (Wildman–Crippen MR) is 74.0 cm³/mol. The third-order valence-corrected chi connectivity index (χ3v) is 3.56. The summed E-state index contributed by atoms with van der Waals surface area (Å²) in [5.74, 6) is 0. The topological polar surface area (TPSA) is 72.8 Å². The Morgan fingerprint density at radius 3 is 3.00 bits per heavy atom. The van der Waals surface area contributed by atoms with Crippen molar-refractivity contribution in [2.24, 2.45) is 0 Å². The van der Waals surface area contributed by atoms with Gasteiger partial charge >= 0.3 is 0 Å². The minimum Gasteiger partial charge on any atom is -0.383 e. The molecule has 0 spiro atoms. The molecule has 6 nitrogen and oxygen atoms in total. The Morgan fingerprint density at radius 1 is 1.26 bits per heavy atom. The average Bonchev–Trinajstić information content (AvgIpc) is 2.92. The van der Waals surface area contributed by atoms with Gasteiger partial charge in [-0.05, 0) is 19.0 Å². The summed E-state index contributed by atoms with van der Waals surface area (Å²) in [4.78, 5) is 0. The van der Waals surface area contributed by atoms with Gasteiger partial charge in [0.1, 0.15) is 10.0 Å². The second-order valence-electron chi connectivity index (χ2n) is 3.98. The first-order chi connectivity index (χ1) is 9.40. The molecule has 1 N–H and O–H groups in total. The molecule has 0 saturated heterocycles. The molecule has 0 atom stereocenters. The second-order valence-corrected chi connectivity index (χ2v) is 5.04. The maximum atomic E-state index is 4.97. The summed E-state index contributed by atoms with van der Waals surface area (Å²) in [5, 5.41) is 21.2. The quantitative estimate of drug-likeness (QED) is 0.731. The molecule has 2 heterocycles. The van der Waals surface area contributed by atoms with Crippen LogP contribution in [0.5, 0.6) is 0 Å². The average molecular weight is 279 g/mol. The van der Waals surface area contributed by atoms with Crippen molar-refractivity contribution in [1.29, 1.82) is 0 Å². The van der Waals surface area contributed by atoms with Crippen molar-refractivity contribution in [3.63, 3.8) is 0 Å². The van der Waals surface area contributed by atoms with E-state index in [-0.39, 0.29) is 0 Å². The lowest BCUT2D eigenvalue weighted by Gasteiger charge is -2.01. The van der Waals surface area contributed by atoms with E-state index < -0.39 is 0 Å². The summed E-state index contributed by atoms with van der Waals surface area (Å²) in [5.41, 5.74) is 0.969. The number of nitrogens with one attached hydrogen (secondary N) is 1. The number of rotatable bonds is 8. The van der Waals surface area contributed by atoms with Crippen LogP contribution in [0.3, 0.4) is 0 Å². The fourth-order valence-corrected chi connectivity index (χ4v) is 2.42. The summed E-state index contributed by atoms with van der Waals surface area (Å²) in [6.07, 6.45) is 5.36. The first-order valence-electron chi connectivity index (χ1n) is 6.19. The van der Waals surface area contributed by atoms with E-state index in [1.54, 1.807) is 30.8 Å². The first kappa shape index (κ1) is 14.0. The SMILES string of the molecule is COCCNCCCc1nnc(-c2ccnnc2)s1. The zero-order valence-corrected chi connectivity index (χ0v) is 11.7. The Balaban J connectivity index is 1.75. The molecule has 2 rings (SSSR count). The minimum absolute atomic E-state index is 0.748. The van der Waals surface area contributed by atoms with Crippen LogP contribution in [0.1, 0.15) is 11.4 Å². The summed E-state index contributed by atoms with van der Waals surface area (Å²) < 4.78 is 4.97. The van der Waals surface area contributed by atoms with Gasteiger partial charge in [-0.15, -0.1) is 10.2 Å². The normalized spacial score (nSPS) is 10.8. The van der Waals surface area contributed by atoms with Crippen LogP contribution in [-0.2, 0) is 11.2 Å². The molecule has 7 heteroatoms. The Bertz CT molecular complexity index is 476. The Labute approximate surface area is 116 Å². The third-order valence-electron chi connectivity index (χ3n) is 2.53. The van der Waals surface area contributed by atoms with Crippen molar-refractivity contribution in [3.8, 4) is 10.6 Å². The van der Waals surface area contributed by atoms with Gasteiger partial charge in [0.15, 0.2) is 0 Å². The highest BCUT2D eigenvalue weighted by Gasteiger charge is 2.06. The summed E-state index contributed by atoms with van der Waals surface area (Å²) in [6.45, 7) is 2.60. The first-order valence-corrected chi connectivity index (χ1v) is 7.01. The lowest BCUT2D eigenvalue weighted by molar-refractivity contribution is 0.199. The molecule has 0 saturated carbocycles. The molecule has 102 valence electrons. The fourth-order valence-electron chi connectivity index (χ4n) is 1.55. The van der Waals surface area contributed by atoms with Crippen LogP contribution in [0.2, 0.25) is 0 Å². The summed E-state index contributed by atoms with van der Waals surface area (Å²) in [7, 11) is 1.71. The van der Waals surface area contributed by atoms with E-state index in [1.807, 2.05) is 6.07 Å². The van der Waals surface area contributed by atoms with Gasteiger partial charge in [0.05, 0.1) is 19.0 Å². The molecule has 19 heavy (non-hydrogen) atoms. The van der Waals surface area contributed by atoms with E-state index in [9.17, 15) is 0 Å². The molecule has 0 amide bonds. The van der Waals surface area contributed by atoms with Crippen molar-refractivity contribution in [2.45, 2.75) is 12.8 Å². The summed E-state index contributed by atoms with van der Waals surface area (Å²) >= 11 is 1.61. The van der Waals surface area contributed by atoms with Crippen molar-refractivity contribution in [2.75, 3.05) is 26.8 Å². The maximum Gasteiger partial charge on any atom is 0.149 e. The van der Waals surface area contributed by atoms with Crippen LogP contribution in [0.15, 0.2) is 18.5 Å². The van der Waals surface area contributed by atoms with E-state index in [2.05, 4.69) is 25.7 Å². The molecule has 0 fully saturated rings. The van der Waals surface area contributed by atoms with Gasteiger partial charge in [-0.3, -0.25) is 0 Å². The minimum atomic E-state index is 0.748.